The van der Waals surface area contributed by atoms with Gasteiger partial charge >= 0.3 is 0 Å². The zero-order chi connectivity index (χ0) is 15.0. The first-order valence-electron chi connectivity index (χ1n) is 7.85. The number of benzene rings is 1. The predicted octanol–water partition coefficient (Wildman–Crippen LogP) is 5.96. The number of rotatable bonds is 8. The van der Waals surface area contributed by atoms with E-state index in [4.69, 9.17) is 4.74 Å². The highest BCUT2D eigenvalue weighted by Gasteiger charge is 2.03. The van der Waals surface area contributed by atoms with Gasteiger partial charge in [0.15, 0.2) is 0 Å². The van der Waals surface area contributed by atoms with Gasteiger partial charge < -0.3 is 4.74 Å². The zero-order valence-corrected chi connectivity index (χ0v) is 13.8. The summed E-state index contributed by atoms with van der Waals surface area (Å²) in [5.74, 6) is 2.30. The van der Waals surface area contributed by atoms with Crippen LogP contribution in [0.25, 0.3) is 0 Å². The van der Waals surface area contributed by atoms with Gasteiger partial charge in [0.05, 0.1) is 6.61 Å². The topological polar surface area (TPSA) is 9.23 Å². The Bertz CT molecular complexity index is 396. The van der Waals surface area contributed by atoms with Crippen LogP contribution < -0.4 is 4.74 Å². The molecule has 0 heterocycles. The molecule has 0 aliphatic rings. The van der Waals surface area contributed by atoms with Crippen LogP contribution in [0.5, 0.6) is 5.75 Å². The normalized spacial score (nSPS) is 12.3. The van der Waals surface area contributed by atoms with E-state index >= 15 is 0 Å². The molecule has 0 aromatic heterocycles. The molecule has 0 saturated heterocycles. The van der Waals surface area contributed by atoms with Crippen LogP contribution in [0.15, 0.2) is 35.9 Å². The van der Waals surface area contributed by atoms with Crippen LogP contribution in [0, 0.1) is 5.92 Å². The highest BCUT2D eigenvalue weighted by Crippen LogP contribution is 2.19. The summed E-state index contributed by atoms with van der Waals surface area (Å²) in [6, 6.07) is 8.50. The van der Waals surface area contributed by atoms with Crippen molar-refractivity contribution in [2.45, 2.75) is 59.8 Å². The van der Waals surface area contributed by atoms with E-state index in [0.29, 0.717) is 5.92 Å². The van der Waals surface area contributed by atoms with Crippen molar-refractivity contribution >= 4 is 0 Å². The Labute approximate surface area is 125 Å². The Balaban J connectivity index is 2.24. The minimum atomic E-state index is 0.583. The minimum absolute atomic E-state index is 0.583. The van der Waals surface area contributed by atoms with Crippen molar-refractivity contribution in [1.29, 1.82) is 0 Å². The van der Waals surface area contributed by atoms with Gasteiger partial charge in [0.25, 0.3) is 0 Å². The molecule has 0 radical (unpaired) electrons. The van der Waals surface area contributed by atoms with Crippen LogP contribution in [-0.2, 0) is 0 Å². The van der Waals surface area contributed by atoms with Crippen LogP contribution in [0.4, 0.5) is 0 Å². The summed E-state index contributed by atoms with van der Waals surface area (Å²) in [5, 5.41) is 0. The van der Waals surface area contributed by atoms with E-state index in [1.807, 2.05) is 0 Å². The molecule has 0 spiro atoms. The summed E-state index contributed by atoms with van der Waals surface area (Å²) >= 11 is 0. The Hall–Kier alpha value is -1.24. The summed E-state index contributed by atoms with van der Waals surface area (Å²) in [6.07, 6.45) is 5.89. The molecule has 0 fully saturated rings. The molecule has 1 nitrogen and oxygen atoms in total. The number of allylic oxidation sites excluding steroid dienone is 2. The van der Waals surface area contributed by atoms with E-state index < -0.39 is 0 Å². The second kappa shape index (κ2) is 8.84. The molecule has 1 rings (SSSR count). The molecule has 20 heavy (non-hydrogen) atoms. The van der Waals surface area contributed by atoms with Crippen molar-refractivity contribution < 1.29 is 4.74 Å². The molecule has 0 N–H and O–H groups in total. The predicted molar refractivity (Wildman–Crippen MR) is 88.5 cm³/mol. The summed E-state index contributed by atoms with van der Waals surface area (Å²) in [6.45, 7) is 11.9. The van der Waals surface area contributed by atoms with Crippen LogP contribution in [0.2, 0.25) is 0 Å². The molecule has 0 bridgehead atoms. The van der Waals surface area contributed by atoms with Crippen molar-refractivity contribution in [3.63, 3.8) is 0 Å². The standard InChI is InChI=1S/C19H30O/c1-15(2)7-6-8-17(5)13-14-20-19-11-9-18(10-12-19)16(3)4/h7,9-12,16-17H,6,8,13-14H2,1-5H3. The van der Waals surface area contributed by atoms with E-state index in [1.165, 1.54) is 24.0 Å². The maximum absolute atomic E-state index is 5.82. The highest BCUT2D eigenvalue weighted by atomic mass is 16.5. The first-order valence-corrected chi connectivity index (χ1v) is 7.85. The third-order valence-electron chi connectivity index (χ3n) is 3.64. The van der Waals surface area contributed by atoms with Crippen molar-refractivity contribution in [2.24, 2.45) is 5.92 Å². The summed E-state index contributed by atoms with van der Waals surface area (Å²) in [7, 11) is 0. The SMILES string of the molecule is CC(C)=CCCC(C)CCOc1ccc(C(C)C)cc1. The van der Waals surface area contributed by atoms with Gasteiger partial charge in [-0.15, -0.1) is 0 Å². The van der Waals surface area contributed by atoms with Crippen LogP contribution >= 0.6 is 0 Å². The summed E-state index contributed by atoms with van der Waals surface area (Å²) < 4.78 is 5.82. The number of hydrogen-bond acceptors (Lipinski definition) is 1. The molecular formula is C19H30O. The van der Waals surface area contributed by atoms with Gasteiger partial charge in [0, 0.05) is 0 Å². The average Bonchev–Trinajstić information content (AvgIpc) is 2.39. The van der Waals surface area contributed by atoms with Gasteiger partial charge in [0.1, 0.15) is 5.75 Å². The molecule has 112 valence electrons. The first kappa shape index (κ1) is 16.8. The van der Waals surface area contributed by atoms with E-state index in [2.05, 4.69) is 65.0 Å². The number of hydrogen-bond donors (Lipinski definition) is 0. The van der Waals surface area contributed by atoms with E-state index in [0.717, 1.165) is 24.7 Å². The molecule has 1 aromatic rings. The average molecular weight is 274 g/mol. The van der Waals surface area contributed by atoms with Gasteiger partial charge in [-0.2, -0.15) is 0 Å². The Morgan fingerprint density at radius 1 is 1.05 bits per heavy atom. The molecule has 0 aliphatic carbocycles. The maximum Gasteiger partial charge on any atom is 0.119 e. The lowest BCUT2D eigenvalue weighted by atomic mass is 10.0. The molecule has 1 heteroatoms. The quantitative estimate of drug-likeness (QED) is 0.531. The maximum atomic E-state index is 5.82. The van der Waals surface area contributed by atoms with E-state index in [1.54, 1.807) is 0 Å². The van der Waals surface area contributed by atoms with Gasteiger partial charge in [-0.25, -0.2) is 0 Å². The first-order chi connectivity index (χ1) is 9.49. The smallest absolute Gasteiger partial charge is 0.119 e. The molecule has 1 aromatic carbocycles. The monoisotopic (exact) mass is 274 g/mol. The zero-order valence-electron chi connectivity index (χ0n) is 13.8. The fraction of sp³-hybridized carbons (Fsp3) is 0.579. The second-order valence-electron chi connectivity index (χ2n) is 6.32. The van der Waals surface area contributed by atoms with Crippen molar-refractivity contribution in [3.05, 3.63) is 41.5 Å². The third-order valence-corrected chi connectivity index (χ3v) is 3.64. The van der Waals surface area contributed by atoms with Gasteiger partial charge in [-0.3, -0.25) is 0 Å². The van der Waals surface area contributed by atoms with Crippen molar-refractivity contribution in [3.8, 4) is 5.75 Å². The van der Waals surface area contributed by atoms with E-state index in [-0.39, 0.29) is 0 Å². The Morgan fingerprint density at radius 2 is 1.70 bits per heavy atom. The lowest BCUT2D eigenvalue weighted by Gasteiger charge is -2.12. The third kappa shape index (κ3) is 6.79. The van der Waals surface area contributed by atoms with Crippen molar-refractivity contribution in [1.82, 2.24) is 0 Å². The summed E-state index contributed by atoms with van der Waals surface area (Å²) in [5.41, 5.74) is 2.78. The second-order valence-corrected chi connectivity index (χ2v) is 6.32. The Morgan fingerprint density at radius 3 is 2.25 bits per heavy atom. The molecule has 0 saturated carbocycles. The van der Waals surface area contributed by atoms with Crippen LogP contribution in [0.3, 0.4) is 0 Å². The molecule has 0 amide bonds. The molecule has 1 atom stereocenters. The van der Waals surface area contributed by atoms with Gasteiger partial charge in [0.2, 0.25) is 0 Å². The molecule has 0 aliphatic heterocycles. The molecule has 1 unspecified atom stereocenters. The van der Waals surface area contributed by atoms with Gasteiger partial charge in [-0.05, 0) is 62.6 Å². The molecular weight excluding hydrogens is 244 g/mol. The fourth-order valence-corrected chi connectivity index (χ4v) is 2.13. The Kier molecular flexibility index (Phi) is 7.43. The van der Waals surface area contributed by atoms with Crippen LogP contribution in [0.1, 0.15) is 65.4 Å². The number of ether oxygens (including phenoxy) is 1. The minimum Gasteiger partial charge on any atom is -0.494 e. The lowest BCUT2D eigenvalue weighted by molar-refractivity contribution is 0.279. The van der Waals surface area contributed by atoms with Crippen molar-refractivity contribution in [2.75, 3.05) is 6.61 Å². The van der Waals surface area contributed by atoms with Crippen LogP contribution in [-0.4, -0.2) is 6.61 Å². The van der Waals surface area contributed by atoms with E-state index in [9.17, 15) is 0 Å². The highest BCUT2D eigenvalue weighted by molar-refractivity contribution is 5.28. The summed E-state index contributed by atoms with van der Waals surface area (Å²) in [4.78, 5) is 0. The fourth-order valence-electron chi connectivity index (χ4n) is 2.13. The van der Waals surface area contributed by atoms with Gasteiger partial charge in [-0.1, -0.05) is 44.6 Å². The lowest BCUT2D eigenvalue weighted by Crippen LogP contribution is -2.04. The largest absolute Gasteiger partial charge is 0.494 e.